The van der Waals surface area contributed by atoms with Crippen molar-refractivity contribution in [2.24, 2.45) is 0 Å². The van der Waals surface area contributed by atoms with Gasteiger partial charge in [-0.2, -0.15) is 0 Å². The van der Waals surface area contributed by atoms with E-state index in [2.05, 4.69) is 33.7 Å². The second kappa shape index (κ2) is 14.4. The number of benzene rings is 3. The highest BCUT2D eigenvalue weighted by molar-refractivity contribution is 6.42. The molecule has 3 aromatic rings. The highest BCUT2D eigenvalue weighted by atomic mass is 35.5. The van der Waals surface area contributed by atoms with Crippen LogP contribution in [0, 0.1) is 13.8 Å². The van der Waals surface area contributed by atoms with Gasteiger partial charge in [0.1, 0.15) is 0 Å². The van der Waals surface area contributed by atoms with Crippen molar-refractivity contribution < 1.29 is 14.4 Å². The van der Waals surface area contributed by atoms with E-state index in [1.165, 1.54) is 12.5 Å². The number of hydrogen-bond acceptors (Lipinski definition) is 5. The summed E-state index contributed by atoms with van der Waals surface area (Å²) >= 11 is 12.7. The zero-order chi connectivity index (χ0) is 33.2. The van der Waals surface area contributed by atoms with Crippen molar-refractivity contribution in [1.29, 1.82) is 0 Å². The van der Waals surface area contributed by atoms with E-state index < -0.39 is 0 Å². The fourth-order valence-electron chi connectivity index (χ4n) is 7.69. The lowest BCUT2D eigenvalue weighted by atomic mass is 9.96. The Kier molecular flexibility index (Phi) is 10.2. The van der Waals surface area contributed by atoms with Crippen molar-refractivity contribution in [2.45, 2.75) is 77.2 Å². The Balaban J connectivity index is 1.09. The molecule has 3 aromatic carbocycles. The number of carbonyl (C=O) groups excluding carboxylic acids is 3. The average Bonchev–Trinajstić information content (AvgIpc) is 3.26. The molecule has 3 fully saturated rings. The molecule has 47 heavy (non-hydrogen) atoms. The highest BCUT2D eigenvalue weighted by Gasteiger charge is 2.41. The van der Waals surface area contributed by atoms with E-state index in [-0.39, 0.29) is 36.3 Å². The molecule has 0 aliphatic carbocycles. The van der Waals surface area contributed by atoms with Gasteiger partial charge in [0.25, 0.3) is 5.91 Å². The van der Waals surface area contributed by atoms with Crippen molar-refractivity contribution in [3.63, 3.8) is 0 Å². The summed E-state index contributed by atoms with van der Waals surface area (Å²) < 4.78 is 0. The average molecular weight is 677 g/mol. The number of piperidine rings is 1. The van der Waals surface area contributed by atoms with Gasteiger partial charge in [0.05, 0.1) is 22.6 Å². The number of carbonyl (C=O) groups is 3. The number of nitrogens with zero attached hydrogens (tertiary/aromatic N) is 3. The summed E-state index contributed by atoms with van der Waals surface area (Å²) in [5.41, 5.74) is 5.67. The van der Waals surface area contributed by atoms with E-state index in [4.69, 9.17) is 23.2 Å². The Hall–Kier alpha value is -3.43. The zero-order valence-corrected chi connectivity index (χ0v) is 28.8. The quantitative estimate of drug-likeness (QED) is 0.290. The van der Waals surface area contributed by atoms with Crippen LogP contribution in [0.1, 0.15) is 71.3 Å². The summed E-state index contributed by atoms with van der Waals surface area (Å²) in [6.45, 7) is 7.92. The van der Waals surface area contributed by atoms with Crippen molar-refractivity contribution in [1.82, 2.24) is 20.0 Å². The number of fused-ring (bicyclic) bond motifs is 2. The van der Waals surface area contributed by atoms with Crippen molar-refractivity contribution in [3.8, 4) is 0 Å². The maximum Gasteiger partial charge on any atom is 0.254 e. The molecule has 3 aliphatic rings. The highest BCUT2D eigenvalue weighted by Crippen LogP contribution is 2.37. The van der Waals surface area contributed by atoms with Crippen molar-refractivity contribution in [3.05, 3.63) is 98.5 Å². The lowest BCUT2D eigenvalue weighted by Crippen LogP contribution is -2.55. The largest absolute Gasteiger partial charge is 0.334 e. The van der Waals surface area contributed by atoms with Crippen LogP contribution in [0.3, 0.4) is 0 Å². The van der Waals surface area contributed by atoms with E-state index in [0.717, 1.165) is 54.6 Å². The van der Waals surface area contributed by atoms with Gasteiger partial charge in [-0.3, -0.25) is 19.3 Å². The van der Waals surface area contributed by atoms with Crippen LogP contribution < -0.4 is 10.6 Å². The zero-order valence-electron chi connectivity index (χ0n) is 27.3. The molecule has 3 aliphatic heterocycles. The molecule has 6 rings (SSSR count). The first kappa shape index (κ1) is 33.5. The standard InChI is InChI=1S/C37H43Cl2N5O3/c1-23-14-24(2)16-28(15-23)37(47)42-12-13-43(35(22-42)27-6-11-33(38)34(39)17-27)36(46)20-40-30-18-31-9-10-32(19-30)44(31)21-26-4-7-29(8-5-26)41-25(3)45/h4-8,11,14-17,30-32,35,40H,9-10,12-13,18-22H2,1-3H3,(H,41,45)/t30?,31-,32+,35-/m0/s1. The molecular formula is C37H43Cl2N5O3. The molecule has 3 saturated heterocycles. The van der Waals surface area contributed by atoms with Crippen LogP contribution >= 0.6 is 23.2 Å². The number of nitrogens with one attached hydrogen (secondary N) is 2. The molecule has 4 atom stereocenters. The Labute approximate surface area is 287 Å². The van der Waals surface area contributed by atoms with Gasteiger partial charge in [-0.25, -0.2) is 0 Å². The lowest BCUT2D eigenvalue weighted by Gasteiger charge is -2.43. The number of anilines is 1. The molecule has 3 amide bonds. The molecule has 2 N–H and O–H groups in total. The number of amides is 3. The monoisotopic (exact) mass is 675 g/mol. The maximum absolute atomic E-state index is 13.9. The second-order valence-electron chi connectivity index (χ2n) is 13.4. The van der Waals surface area contributed by atoms with Crippen molar-refractivity contribution in [2.75, 3.05) is 31.5 Å². The molecule has 8 nitrogen and oxygen atoms in total. The summed E-state index contributed by atoms with van der Waals surface area (Å²) in [5.74, 6) is -0.0779. The summed E-state index contributed by atoms with van der Waals surface area (Å²) in [6.07, 6.45) is 4.33. The molecule has 0 aromatic heterocycles. The third kappa shape index (κ3) is 7.83. The van der Waals surface area contributed by atoms with Crippen LogP contribution in [0.25, 0.3) is 0 Å². The number of piperazine rings is 1. The fraction of sp³-hybridized carbons (Fsp3) is 0.432. The van der Waals surface area contributed by atoms with E-state index in [0.29, 0.717) is 47.3 Å². The number of hydrogen-bond donors (Lipinski definition) is 2. The number of aryl methyl sites for hydroxylation is 2. The topological polar surface area (TPSA) is 85.0 Å². The molecule has 10 heteroatoms. The summed E-state index contributed by atoms with van der Waals surface area (Å²) in [6, 6.07) is 20.4. The van der Waals surface area contributed by atoms with Crippen LogP contribution in [0.4, 0.5) is 5.69 Å². The van der Waals surface area contributed by atoms with Gasteiger partial charge in [-0.05, 0) is 87.1 Å². The predicted molar refractivity (Wildman–Crippen MR) is 187 cm³/mol. The van der Waals surface area contributed by atoms with E-state index in [1.807, 2.05) is 60.0 Å². The van der Waals surface area contributed by atoms with Crippen LogP contribution in [-0.4, -0.2) is 76.7 Å². The Morgan fingerprint density at radius 1 is 0.851 bits per heavy atom. The molecule has 3 heterocycles. The minimum atomic E-state index is -0.335. The van der Waals surface area contributed by atoms with E-state index in [9.17, 15) is 14.4 Å². The number of halogens is 2. The second-order valence-corrected chi connectivity index (χ2v) is 14.2. The van der Waals surface area contributed by atoms with Crippen LogP contribution in [0.5, 0.6) is 0 Å². The van der Waals surface area contributed by atoms with Gasteiger partial charge in [0.15, 0.2) is 0 Å². The van der Waals surface area contributed by atoms with E-state index in [1.54, 1.807) is 6.07 Å². The van der Waals surface area contributed by atoms with Crippen LogP contribution in [-0.2, 0) is 16.1 Å². The van der Waals surface area contributed by atoms with Crippen LogP contribution in [0.15, 0.2) is 60.7 Å². The predicted octanol–water partition coefficient (Wildman–Crippen LogP) is 6.38. The molecule has 2 bridgehead atoms. The molecule has 0 radical (unpaired) electrons. The Bertz CT molecular complexity index is 1610. The minimum absolute atomic E-state index is 0.0219. The first-order chi connectivity index (χ1) is 22.5. The molecule has 248 valence electrons. The molecule has 0 saturated carbocycles. The molecule has 1 unspecified atom stereocenters. The van der Waals surface area contributed by atoms with Crippen LogP contribution in [0.2, 0.25) is 10.0 Å². The maximum atomic E-state index is 13.9. The first-order valence-corrected chi connectivity index (χ1v) is 17.3. The number of rotatable bonds is 8. The smallest absolute Gasteiger partial charge is 0.254 e. The van der Waals surface area contributed by atoms with Gasteiger partial charge < -0.3 is 20.4 Å². The molecular weight excluding hydrogens is 633 g/mol. The van der Waals surface area contributed by atoms with Gasteiger partial charge in [0, 0.05) is 62.5 Å². The van der Waals surface area contributed by atoms with Gasteiger partial charge in [0.2, 0.25) is 11.8 Å². The fourth-order valence-corrected chi connectivity index (χ4v) is 8.00. The lowest BCUT2D eigenvalue weighted by molar-refractivity contribution is -0.135. The first-order valence-electron chi connectivity index (χ1n) is 16.5. The summed E-state index contributed by atoms with van der Waals surface area (Å²) in [4.78, 5) is 45.2. The Morgan fingerprint density at radius 2 is 1.53 bits per heavy atom. The Morgan fingerprint density at radius 3 is 2.17 bits per heavy atom. The van der Waals surface area contributed by atoms with Crippen molar-refractivity contribution >= 4 is 46.6 Å². The molecule has 0 spiro atoms. The van der Waals surface area contributed by atoms with E-state index >= 15 is 0 Å². The third-order valence-electron chi connectivity index (χ3n) is 9.85. The van der Waals surface area contributed by atoms with Gasteiger partial charge in [-0.15, -0.1) is 0 Å². The van der Waals surface area contributed by atoms with Gasteiger partial charge >= 0.3 is 0 Å². The summed E-state index contributed by atoms with van der Waals surface area (Å²) in [5, 5.41) is 7.32. The minimum Gasteiger partial charge on any atom is -0.334 e. The third-order valence-corrected chi connectivity index (χ3v) is 10.6. The normalized spacial score (nSPS) is 22.7. The van der Waals surface area contributed by atoms with Gasteiger partial charge in [-0.1, -0.05) is 58.6 Å². The SMILES string of the molecule is CC(=O)Nc1ccc(CN2[C@@H]3CC[C@H]2CC(NCC(=O)N2CCN(C(=O)c4cc(C)cc(C)c4)C[C@H]2c2ccc(Cl)c(Cl)c2)C3)cc1. The summed E-state index contributed by atoms with van der Waals surface area (Å²) in [7, 11) is 0.